The second-order valence-electron chi connectivity index (χ2n) is 7.51. The van der Waals surface area contributed by atoms with Gasteiger partial charge >= 0.3 is 0 Å². The van der Waals surface area contributed by atoms with Gasteiger partial charge in [0.25, 0.3) is 5.91 Å². The highest BCUT2D eigenvalue weighted by atomic mass is 16.5. The lowest BCUT2D eigenvalue weighted by Crippen LogP contribution is -2.41. The van der Waals surface area contributed by atoms with Crippen LogP contribution >= 0.6 is 0 Å². The maximum Gasteiger partial charge on any atom is 0.274 e. The molecule has 0 saturated carbocycles. The fourth-order valence-electron chi connectivity index (χ4n) is 4.01. The van der Waals surface area contributed by atoms with Crippen LogP contribution in [0.15, 0.2) is 24.3 Å². The molecule has 1 atom stereocenters. The van der Waals surface area contributed by atoms with Crippen LogP contribution in [0, 0.1) is 6.92 Å². The predicted molar refractivity (Wildman–Crippen MR) is 97.4 cm³/mol. The number of aromatic nitrogens is 2. The van der Waals surface area contributed by atoms with Gasteiger partial charge in [0, 0.05) is 24.8 Å². The maximum absolute atomic E-state index is 12.9. The van der Waals surface area contributed by atoms with Gasteiger partial charge in [-0.25, -0.2) is 0 Å². The van der Waals surface area contributed by atoms with Gasteiger partial charge in [-0.15, -0.1) is 0 Å². The molecule has 2 aliphatic rings. The Balaban J connectivity index is 1.44. The summed E-state index contributed by atoms with van der Waals surface area (Å²) in [6.07, 6.45) is 3.49. The third-order valence-corrected chi connectivity index (χ3v) is 5.53. The van der Waals surface area contributed by atoms with Crippen LogP contribution in [0.25, 0.3) is 0 Å². The average molecular weight is 355 g/mol. The maximum atomic E-state index is 12.9. The number of rotatable bonds is 4. The van der Waals surface area contributed by atoms with E-state index in [9.17, 15) is 9.90 Å². The lowest BCUT2D eigenvalue weighted by atomic mass is 10.1. The van der Waals surface area contributed by atoms with Gasteiger partial charge in [-0.3, -0.25) is 9.48 Å². The largest absolute Gasteiger partial charge is 0.490 e. The molecular formula is C20H25N3O3. The zero-order chi connectivity index (χ0) is 18.3. The van der Waals surface area contributed by atoms with Gasteiger partial charge in [-0.05, 0) is 44.2 Å². The van der Waals surface area contributed by atoms with Crippen molar-refractivity contribution in [2.45, 2.75) is 38.2 Å². The van der Waals surface area contributed by atoms with E-state index >= 15 is 0 Å². The van der Waals surface area contributed by atoms with E-state index in [4.69, 9.17) is 4.74 Å². The highest BCUT2D eigenvalue weighted by Gasteiger charge is 2.41. The number of aryl methyl sites for hydroxylation is 2. The topological polar surface area (TPSA) is 67.6 Å². The Bertz CT molecular complexity index is 845. The van der Waals surface area contributed by atoms with Crippen LogP contribution in [0.1, 0.15) is 40.2 Å². The summed E-state index contributed by atoms with van der Waals surface area (Å²) in [5, 5.41) is 15.3. The van der Waals surface area contributed by atoms with Crippen LogP contribution in [-0.2, 0) is 19.9 Å². The van der Waals surface area contributed by atoms with Gasteiger partial charge < -0.3 is 14.7 Å². The average Bonchev–Trinajstić information content (AvgIpc) is 3.31. The number of carbonyl (C=O) groups is 1. The Kier molecular flexibility index (Phi) is 4.23. The Hall–Kier alpha value is -2.34. The molecule has 1 aliphatic heterocycles. The molecule has 0 spiro atoms. The van der Waals surface area contributed by atoms with Crippen molar-refractivity contribution in [3.05, 3.63) is 46.8 Å². The number of hydrogen-bond donors (Lipinski definition) is 1. The van der Waals surface area contributed by atoms with Crippen LogP contribution < -0.4 is 4.74 Å². The first-order chi connectivity index (χ1) is 12.5. The molecule has 1 amide bonds. The van der Waals surface area contributed by atoms with E-state index in [1.165, 1.54) is 5.69 Å². The molecule has 4 rings (SSSR count). The number of carbonyl (C=O) groups excluding carboxylic acids is 1. The molecule has 138 valence electrons. The summed E-state index contributed by atoms with van der Waals surface area (Å²) in [5.41, 5.74) is 2.83. The van der Waals surface area contributed by atoms with Crippen molar-refractivity contribution in [1.29, 1.82) is 0 Å². The van der Waals surface area contributed by atoms with Crippen molar-refractivity contribution < 1.29 is 14.6 Å². The van der Waals surface area contributed by atoms with Gasteiger partial charge in [0.2, 0.25) is 0 Å². The van der Waals surface area contributed by atoms with E-state index in [2.05, 4.69) is 5.10 Å². The van der Waals surface area contributed by atoms with Gasteiger partial charge in [-0.2, -0.15) is 5.10 Å². The number of ether oxygens (including phenoxy) is 1. The summed E-state index contributed by atoms with van der Waals surface area (Å²) in [5.74, 6) is 0.698. The smallest absolute Gasteiger partial charge is 0.274 e. The van der Waals surface area contributed by atoms with Crippen LogP contribution in [0.2, 0.25) is 0 Å². The van der Waals surface area contributed by atoms with Gasteiger partial charge in [0.05, 0.1) is 6.54 Å². The molecule has 2 aromatic rings. The second kappa shape index (κ2) is 6.43. The second-order valence-corrected chi connectivity index (χ2v) is 7.51. The van der Waals surface area contributed by atoms with Gasteiger partial charge in [0.1, 0.15) is 18.0 Å². The Labute approximate surface area is 153 Å². The summed E-state index contributed by atoms with van der Waals surface area (Å²) in [6.45, 7) is 2.97. The SMILES string of the molecule is Cc1ccccc1OC[C@]1(O)CCN(C(=O)c2nn(C)c3c2CCC3)C1. The monoisotopic (exact) mass is 355 g/mol. The van der Waals surface area contributed by atoms with Crippen molar-refractivity contribution >= 4 is 5.91 Å². The first-order valence-corrected chi connectivity index (χ1v) is 9.22. The number of benzene rings is 1. The van der Waals surface area contributed by atoms with Crippen molar-refractivity contribution in [2.75, 3.05) is 19.7 Å². The quantitative estimate of drug-likeness (QED) is 0.909. The van der Waals surface area contributed by atoms with Crippen LogP contribution in [-0.4, -0.2) is 51.0 Å². The van der Waals surface area contributed by atoms with Crippen molar-refractivity contribution in [3.63, 3.8) is 0 Å². The van der Waals surface area contributed by atoms with Crippen LogP contribution in [0.3, 0.4) is 0 Å². The molecule has 26 heavy (non-hydrogen) atoms. The molecule has 0 unspecified atom stereocenters. The molecule has 1 fully saturated rings. The molecule has 1 N–H and O–H groups in total. The third kappa shape index (κ3) is 2.98. The number of β-amino-alcohol motifs (C(OH)–C–C–N with tert-alkyl or cyclic N) is 1. The van der Waals surface area contributed by atoms with E-state index < -0.39 is 5.60 Å². The van der Waals surface area contributed by atoms with Gasteiger partial charge in [-0.1, -0.05) is 18.2 Å². The number of likely N-dealkylation sites (tertiary alicyclic amines) is 1. The minimum absolute atomic E-state index is 0.0735. The van der Waals surface area contributed by atoms with Crippen LogP contribution in [0.5, 0.6) is 5.75 Å². The van der Waals surface area contributed by atoms with E-state index in [0.29, 0.717) is 18.7 Å². The minimum Gasteiger partial charge on any atom is -0.490 e. The van der Waals surface area contributed by atoms with E-state index in [0.717, 1.165) is 36.1 Å². The van der Waals surface area contributed by atoms with Crippen molar-refractivity contribution in [1.82, 2.24) is 14.7 Å². The molecule has 0 bridgehead atoms. The van der Waals surface area contributed by atoms with Gasteiger partial charge in [0.15, 0.2) is 5.69 Å². The van der Waals surface area contributed by atoms with E-state index in [1.807, 2.05) is 42.9 Å². The first-order valence-electron chi connectivity index (χ1n) is 9.22. The Morgan fingerprint density at radius 1 is 1.35 bits per heavy atom. The summed E-state index contributed by atoms with van der Waals surface area (Å²) < 4.78 is 7.66. The molecule has 1 aromatic heterocycles. The number of para-hydroxylation sites is 1. The molecule has 1 aromatic carbocycles. The predicted octanol–water partition coefficient (Wildman–Crippen LogP) is 1.87. The highest BCUT2D eigenvalue weighted by molar-refractivity contribution is 5.94. The minimum atomic E-state index is -1.02. The normalized spacial score (nSPS) is 21.9. The zero-order valence-corrected chi connectivity index (χ0v) is 15.4. The molecule has 2 heterocycles. The summed E-state index contributed by atoms with van der Waals surface area (Å²) in [4.78, 5) is 14.6. The molecule has 1 saturated heterocycles. The molecular weight excluding hydrogens is 330 g/mol. The molecule has 1 aliphatic carbocycles. The Morgan fingerprint density at radius 3 is 2.96 bits per heavy atom. The lowest BCUT2D eigenvalue weighted by molar-refractivity contribution is 0.00405. The summed E-state index contributed by atoms with van der Waals surface area (Å²) in [6, 6.07) is 7.75. The van der Waals surface area contributed by atoms with E-state index in [-0.39, 0.29) is 19.1 Å². The fraction of sp³-hybridized carbons (Fsp3) is 0.500. The summed E-state index contributed by atoms with van der Waals surface area (Å²) >= 11 is 0. The van der Waals surface area contributed by atoms with E-state index in [1.54, 1.807) is 4.90 Å². The van der Waals surface area contributed by atoms with Crippen molar-refractivity contribution in [3.8, 4) is 5.75 Å². The number of nitrogens with zero attached hydrogens (tertiary/aromatic N) is 3. The molecule has 6 nitrogen and oxygen atoms in total. The van der Waals surface area contributed by atoms with Crippen molar-refractivity contribution in [2.24, 2.45) is 7.05 Å². The first kappa shape index (κ1) is 17.1. The Morgan fingerprint density at radius 2 is 2.15 bits per heavy atom. The summed E-state index contributed by atoms with van der Waals surface area (Å²) in [7, 11) is 1.90. The number of aliphatic hydroxyl groups is 1. The van der Waals surface area contributed by atoms with Crippen LogP contribution in [0.4, 0.5) is 0 Å². The highest BCUT2D eigenvalue weighted by Crippen LogP contribution is 2.29. The number of fused-ring (bicyclic) bond motifs is 1. The molecule has 6 heteroatoms. The fourth-order valence-corrected chi connectivity index (χ4v) is 4.01. The third-order valence-electron chi connectivity index (χ3n) is 5.53. The molecule has 0 radical (unpaired) electrons. The number of amides is 1. The number of hydrogen-bond acceptors (Lipinski definition) is 4. The lowest BCUT2D eigenvalue weighted by Gasteiger charge is -2.24. The standard InChI is InChI=1S/C20H25N3O3/c1-14-6-3-4-9-17(14)26-13-20(25)10-11-23(12-20)19(24)18-15-7-5-8-16(15)22(2)21-18/h3-4,6,9,25H,5,7-8,10-13H2,1-2H3/t20-/m0/s1. The zero-order valence-electron chi connectivity index (χ0n) is 15.4.